The molecule has 2 fully saturated rings. The zero-order valence-corrected chi connectivity index (χ0v) is 21.6. The zero-order valence-electron chi connectivity index (χ0n) is 21.6. The van der Waals surface area contributed by atoms with Crippen LogP contribution in [-0.2, 0) is 23.7 Å². The van der Waals surface area contributed by atoms with E-state index >= 15 is 0 Å². The van der Waals surface area contributed by atoms with E-state index in [1.54, 1.807) is 19.1 Å². The molecule has 13 nitrogen and oxygen atoms in total. The van der Waals surface area contributed by atoms with Crippen molar-refractivity contribution in [2.75, 3.05) is 19.8 Å². The predicted octanol–water partition coefficient (Wildman–Crippen LogP) is -2.89. The number of allylic oxidation sites excluding steroid dienone is 2. The first kappa shape index (κ1) is 31.2. The molecule has 0 aromatic carbocycles. The molecule has 0 bridgehead atoms. The Balaban J connectivity index is 1.69. The molecular formula is C25H40O13. The number of hydrogen-bond donors (Lipinski definition) is 8. The van der Waals surface area contributed by atoms with Gasteiger partial charge in [0.15, 0.2) is 18.4 Å². The highest BCUT2D eigenvalue weighted by molar-refractivity contribution is 5.92. The summed E-state index contributed by atoms with van der Waals surface area (Å²) in [5.41, 5.74) is 0.0127. The SMILES string of the molecule is C[C@H](/C=C/[C@H]1C(CO[C@@H]2O[C@H](CO)[C@@H](O)[C@H](O)[C@H]2O)=CC(=O)CC1(C)C)O[C@@H]1O[C@H](CO)[C@@H](O)[C@H](O)[C@H]1O. The molecule has 13 heteroatoms. The average Bonchev–Trinajstić information content (AvgIpc) is 2.86. The molecule has 2 saturated heterocycles. The number of aliphatic hydroxyl groups is 8. The highest BCUT2D eigenvalue weighted by atomic mass is 16.7. The molecule has 3 rings (SSSR count). The second kappa shape index (κ2) is 12.9. The molecule has 0 aromatic heterocycles. The lowest BCUT2D eigenvalue weighted by Crippen LogP contribution is -2.59. The Morgan fingerprint density at radius 3 is 2.00 bits per heavy atom. The average molecular weight is 549 g/mol. The van der Waals surface area contributed by atoms with Crippen LogP contribution in [0.25, 0.3) is 0 Å². The molecule has 0 spiro atoms. The molecule has 0 unspecified atom stereocenters. The molecule has 0 aromatic rings. The van der Waals surface area contributed by atoms with Gasteiger partial charge in [-0.25, -0.2) is 0 Å². The Morgan fingerprint density at radius 2 is 1.45 bits per heavy atom. The van der Waals surface area contributed by atoms with Gasteiger partial charge in [0.1, 0.15) is 48.8 Å². The molecule has 2 heterocycles. The largest absolute Gasteiger partial charge is 0.394 e. The van der Waals surface area contributed by atoms with Crippen molar-refractivity contribution in [2.24, 2.45) is 11.3 Å². The maximum atomic E-state index is 12.4. The van der Waals surface area contributed by atoms with Crippen molar-refractivity contribution in [3.63, 3.8) is 0 Å². The molecule has 8 N–H and O–H groups in total. The molecule has 0 amide bonds. The summed E-state index contributed by atoms with van der Waals surface area (Å²) in [4.78, 5) is 12.4. The van der Waals surface area contributed by atoms with Gasteiger partial charge in [0.2, 0.25) is 0 Å². The molecule has 3 aliphatic rings. The lowest BCUT2D eigenvalue weighted by Gasteiger charge is -2.41. The number of ketones is 1. The van der Waals surface area contributed by atoms with Crippen molar-refractivity contribution in [2.45, 2.75) is 94.7 Å². The topological polar surface area (TPSA) is 216 Å². The van der Waals surface area contributed by atoms with E-state index < -0.39 is 86.1 Å². The molecule has 0 radical (unpaired) electrons. The summed E-state index contributed by atoms with van der Waals surface area (Å²) in [6.07, 6.45) is -9.73. The van der Waals surface area contributed by atoms with Gasteiger partial charge in [-0.2, -0.15) is 0 Å². The summed E-state index contributed by atoms with van der Waals surface area (Å²) in [6.45, 7) is 4.11. The third kappa shape index (κ3) is 6.86. The van der Waals surface area contributed by atoms with Crippen LogP contribution in [0.5, 0.6) is 0 Å². The second-order valence-electron chi connectivity index (χ2n) is 10.8. The van der Waals surface area contributed by atoms with E-state index in [1.807, 2.05) is 13.8 Å². The normalized spacial score (nSPS) is 42.8. The van der Waals surface area contributed by atoms with Crippen LogP contribution in [0.15, 0.2) is 23.8 Å². The Labute approximate surface area is 220 Å². The molecule has 218 valence electrons. The van der Waals surface area contributed by atoms with Crippen molar-refractivity contribution in [3.05, 3.63) is 23.8 Å². The Morgan fingerprint density at radius 1 is 0.921 bits per heavy atom. The number of ether oxygens (including phenoxy) is 4. The van der Waals surface area contributed by atoms with Crippen LogP contribution in [0.3, 0.4) is 0 Å². The van der Waals surface area contributed by atoms with Gasteiger partial charge in [-0.3, -0.25) is 4.79 Å². The Kier molecular flexibility index (Phi) is 10.6. The molecule has 0 saturated carbocycles. The van der Waals surface area contributed by atoms with Crippen molar-refractivity contribution in [1.82, 2.24) is 0 Å². The fourth-order valence-electron chi connectivity index (χ4n) is 5.01. The summed E-state index contributed by atoms with van der Waals surface area (Å²) in [5.74, 6) is -0.469. The highest BCUT2D eigenvalue weighted by Gasteiger charge is 2.46. The summed E-state index contributed by atoms with van der Waals surface area (Å²) >= 11 is 0. The Bertz CT molecular complexity index is 856. The molecule has 38 heavy (non-hydrogen) atoms. The van der Waals surface area contributed by atoms with Gasteiger partial charge in [0.05, 0.1) is 25.9 Å². The van der Waals surface area contributed by atoms with Crippen LogP contribution in [0.2, 0.25) is 0 Å². The van der Waals surface area contributed by atoms with Crippen molar-refractivity contribution in [3.8, 4) is 0 Å². The summed E-state index contributed by atoms with van der Waals surface area (Å²) in [7, 11) is 0. The quantitative estimate of drug-likeness (QED) is 0.136. The summed E-state index contributed by atoms with van der Waals surface area (Å²) < 4.78 is 22.1. The van der Waals surface area contributed by atoms with E-state index in [4.69, 9.17) is 18.9 Å². The number of rotatable bonds is 9. The van der Waals surface area contributed by atoms with Crippen LogP contribution >= 0.6 is 0 Å². The third-order valence-electron chi connectivity index (χ3n) is 7.25. The third-order valence-corrected chi connectivity index (χ3v) is 7.25. The van der Waals surface area contributed by atoms with E-state index in [0.717, 1.165) is 0 Å². The van der Waals surface area contributed by atoms with E-state index in [-0.39, 0.29) is 24.7 Å². The molecular weight excluding hydrogens is 508 g/mol. The van der Waals surface area contributed by atoms with Gasteiger partial charge in [-0.15, -0.1) is 0 Å². The second-order valence-corrected chi connectivity index (χ2v) is 10.8. The van der Waals surface area contributed by atoms with Crippen LogP contribution < -0.4 is 0 Å². The molecule has 2 aliphatic heterocycles. The van der Waals surface area contributed by atoms with Gasteiger partial charge in [-0.05, 0) is 24.0 Å². The van der Waals surface area contributed by atoms with Gasteiger partial charge in [-0.1, -0.05) is 26.0 Å². The van der Waals surface area contributed by atoms with E-state index in [9.17, 15) is 45.6 Å². The number of carbonyl (C=O) groups excluding carboxylic acids is 1. The van der Waals surface area contributed by atoms with Gasteiger partial charge >= 0.3 is 0 Å². The zero-order chi connectivity index (χ0) is 28.4. The minimum Gasteiger partial charge on any atom is -0.394 e. The number of aliphatic hydroxyl groups excluding tert-OH is 8. The van der Waals surface area contributed by atoms with Gasteiger partial charge in [0, 0.05) is 12.3 Å². The van der Waals surface area contributed by atoms with Crippen molar-refractivity contribution in [1.29, 1.82) is 0 Å². The minimum absolute atomic E-state index is 0.127. The maximum absolute atomic E-state index is 12.4. The molecule has 1 aliphatic carbocycles. The lowest BCUT2D eigenvalue weighted by atomic mass is 9.68. The van der Waals surface area contributed by atoms with Crippen LogP contribution in [0, 0.1) is 11.3 Å². The van der Waals surface area contributed by atoms with Crippen LogP contribution in [0.4, 0.5) is 0 Å². The smallest absolute Gasteiger partial charge is 0.187 e. The van der Waals surface area contributed by atoms with E-state index in [1.165, 1.54) is 6.08 Å². The number of carbonyl (C=O) groups is 1. The lowest BCUT2D eigenvalue weighted by molar-refractivity contribution is -0.306. The first-order valence-corrected chi connectivity index (χ1v) is 12.6. The molecule has 12 atom stereocenters. The first-order valence-electron chi connectivity index (χ1n) is 12.6. The monoisotopic (exact) mass is 548 g/mol. The van der Waals surface area contributed by atoms with Crippen molar-refractivity contribution < 1.29 is 64.6 Å². The standard InChI is InChI=1S/C25H40O13/c1-11(36-24-22(34)20(32)18(30)16(9-27)38-24)4-5-14-12(6-13(28)7-25(14,2)3)10-35-23-21(33)19(31)17(29)15(8-26)37-23/h4-6,11,14-24,26-27,29-34H,7-10H2,1-3H3/b5-4+/t11-,14+,15-,16-,17-,18-,19+,20+,21-,22-,23-,24-/m1/s1. The Hall–Kier alpha value is -1.33. The van der Waals surface area contributed by atoms with E-state index in [2.05, 4.69) is 0 Å². The fourth-order valence-corrected chi connectivity index (χ4v) is 5.01. The number of hydrogen-bond acceptors (Lipinski definition) is 13. The predicted molar refractivity (Wildman–Crippen MR) is 128 cm³/mol. The van der Waals surface area contributed by atoms with Gasteiger partial charge in [0.25, 0.3) is 0 Å². The highest BCUT2D eigenvalue weighted by Crippen LogP contribution is 2.41. The summed E-state index contributed by atoms with van der Waals surface area (Å²) in [5, 5.41) is 79.1. The van der Waals surface area contributed by atoms with Gasteiger partial charge < -0.3 is 59.8 Å². The van der Waals surface area contributed by atoms with Crippen LogP contribution in [-0.4, -0.2) is 134 Å². The minimum atomic E-state index is -1.60. The maximum Gasteiger partial charge on any atom is 0.187 e. The fraction of sp³-hybridized carbons (Fsp3) is 0.800. The van der Waals surface area contributed by atoms with Crippen molar-refractivity contribution >= 4 is 5.78 Å². The summed E-state index contributed by atoms with van der Waals surface area (Å²) in [6, 6.07) is 0. The van der Waals surface area contributed by atoms with E-state index in [0.29, 0.717) is 5.57 Å². The first-order chi connectivity index (χ1) is 17.8. The van der Waals surface area contributed by atoms with Crippen LogP contribution in [0.1, 0.15) is 27.2 Å².